The molecule has 0 amide bonds. The molecule has 0 spiro atoms. The Morgan fingerprint density at radius 1 is 1.33 bits per heavy atom. The highest BCUT2D eigenvalue weighted by Crippen LogP contribution is 2.31. The number of anilines is 1. The highest BCUT2D eigenvalue weighted by molar-refractivity contribution is 9.10. The van der Waals surface area contributed by atoms with Crippen LogP contribution in [-0.4, -0.2) is 16.5 Å². The number of aromatic nitrogens is 2. The molecule has 18 heavy (non-hydrogen) atoms. The van der Waals surface area contributed by atoms with E-state index in [9.17, 15) is 0 Å². The molecule has 1 heterocycles. The summed E-state index contributed by atoms with van der Waals surface area (Å²) in [6.45, 7) is 3.27. The molecular formula is C13H19BrClN3. The molecule has 0 saturated heterocycles. The van der Waals surface area contributed by atoms with E-state index in [-0.39, 0.29) is 5.28 Å². The van der Waals surface area contributed by atoms with Crippen molar-refractivity contribution >= 4 is 33.3 Å². The van der Waals surface area contributed by atoms with E-state index >= 15 is 0 Å². The van der Waals surface area contributed by atoms with Crippen LogP contribution in [0, 0.1) is 11.8 Å². The van der Waals surface area contributed by atoms with Gasteiger partial charge >= 0.3 is 0 Å². The third-order valence-corrected chi connectivity index (χ3v) is 4.58. The predicted octanol–water partition coefficient (Wildman–Crippen LogP) is 4.52. The molecular weight excluding hydrogens is 314 g/mol. The van der Waals surface area contributed by atoms with Crippen LogP contribution < -0.4 is 5.32 Å². The molecule has 100 valence electrons. The molecule has 1 fully saturated rings. The van der Waals surface area contributed by atoms with E-state index in [1.807, 2.05) is 0 Å². The first-order valence-electron chi connectivity index (χ1n) is 6.61. The number of nitrogens with one attached hydrogen (secondary N) is 1. The lowest BCUT2D eigenvalue weighted by Gasteiger charge is -2.28. The van der Waals surface area contributed by atoms with Gasteiger partial charge in [-0.05, 0) is 52.2 Å². The number of rotatable bonds is 4. The zero-order valence-electron chi connectivity index (χ0n) is 10.6. The second-order valence-electron chi connectivity index (χ2n) is 5.01. The summed E-state index contributed by atoms with van der Waals surface area (Å²) >= 11 is 9.22. The van der Waals surface area contributed by atoms with E-state index in [2.05, 4.69) is 38.1 Å². The SMILES string of the molecule is CCC1CCC(CNc2nc(Cl)ncc2Br)CC1. The minimum Gasteiger partial charge on any atom is -0.369 e. The Labute approximate surface area is 122 Å². The molecule has 1 saturated carbocycles. The van der Waals surface area contributed by atoms with Gasteiger partial charge in [-0.1, -0.05) is 26.2 Å². The maximum Gasteiger partial charge on any atom is 0.224 e. The quantitative estimate of drug-likeness (QED) is 0.824. The molecule has 2 rings (SSSR count). The van der Waals surface area contributed by atoms with Gasteiger partial charge in [-0.25, -0.2) is 4.98 Å². The van der Waals surface area contributed by atoms with Crippen molar-refractivity contribution in [1.29, 1.82) is 0 Å². The summed E-state index contributed by atoms with van der Waals surface area (Å²) in [5.74, 6) is 2.50. The monoisotopic (exact) mass is 331 g/mol. The van der Waals surface area contributed by atoms with Crippen molar-refractivity contribution in [3.05, 3.63) is 16.0 Å². The third-order valence-electron chi connectivity index (χ3n) is 3.82. The predicted molar refractivity (Wildman–Crippen MR) is 79.0 cm³/mol. The van der Waals surface area contributed by atoms with Crippen molar-refractivity contribution in [2.45, 2.75) is 39.0 Å². The molecule has 1 aliphatic carbocycles. The molecule has 0 bridgehead atoms. The lowest BCUT2D eigenvalue weighted by atomic mass is 9.81. The number of halogens is 2. The summed E-state index contributed by atoms with van der Waals surface area (Å²) in [5, 5.41) is 3.66. The number of hydrogen-bond donors (Lipinski definition) is 1. The van der Waals surface area contributed by atoms with Gasteiger partial charge in [0.2, 0.25) is 5.28 Å². The van der Waals surface area contributed by atoms with Gasteiger partial charge in [0.25, 0.3) is 0 Å². The highest BCUT2D eigenvalue weighted by atomic mass is 79.9. The largest absolute Gasteiger partial charge is 0.369 e. The smallest absolute Gasteiger partial charge is 0.224 e. The first-order chi connectivity index (χ1) is 8.69. The Bertz CT molecular complexity index is 392. The van der Waals surface area contributed by atoms with E-state index in [0.29, 0.717) is 0 Å². The van der Waals surface area contributed by atoms with E-state index in [4.69, 9.17) is 11.6 Å². The van der Waals surface area contributed by atoms with Gasteiger partial charge in [0.15, 0.2) is 0 Å². The lowest BCUT2D eigenvalue weighted by Crippen LogP contribution is -2.21. The molecule has 1 N–H and O–H groups in total. The van der Waals surface area contributed by atoms with Crippen molar-refractivity contribution in [2.24, 2.45) is 11.8 Å². The molecule has 0 aromatic carbocycles. The summed E-state index contributed by atoms with van der Waals surface area (Å²) in [7, 11) is 0. The van der Waals surface area contributed by atoms with Gasteiger partial charge in [0, 0.05) is 12.7 Å². The summed E-state index contributed by atoms with van der Waals surface area (Å²) in [5.41, 5.74) is 0. The average molecular weight is 333 g/mol. The van der Waals surface area contributed by atoms with E-state index in [0.717, 1.165) is 28.7 Å². The second-order valence-corrected chi connectivity index (χ2v) is 6.20. The van der Waals surface area contributed by atoms with Crippen LogP contribution in [0.25, 0.3) is 0 Å². The van der Waals surface area contributed by atoms with Crippen LogP contribution in [0.5, 0.6) is 0 Å². The van der Waals surface area contributed by atoms with E-state index in [1.54, 1.807) is 6.20 Å². The Kier molecular flexibility index (Phi) is 5.25. The van der Waals surface area contributed by atoms with Crippen LogP contribution in [0.2, 0.25) is 5.28 Å². The minimum atomic E-state index is 0.287. The number of nitrogens with zero attached hydrogens (tertiary/aromatic N) is 2. The van der Waals surface area contributed by atoms with E-state index in [1.165, 1.54) is 32.1 Å². The minimum absolute atomic E-state index is 0.287. The van der Waals surface area contributed by atoms with Crippen LogP contribution in [0.15, 0.2) is 10.7 Å². The zero-order chi connectivity index (χ0) is 13.0. The van der Waals surface area contributed by atoms with Crippen LogP contribution in [0.1, 0.15) is 39.0 Å². The van der Waals surface area contributed by atoms with Gasteiger partial charge in [0.05, 0.1) is 4.47 Å². The molecule has 3 nitrogen and oxygen atoms in total. The normalized spacial score (nSPS) is 23.9. The maximum atomic E-state index is 5.79. The fraction of sp³-hybridized carbons (Fsp3) is 0.692. The second kappa shape index (κ2) is 6.71. The van der Waals surface area contributed by atoms with Crippen molar-refractivity contribution in [1.82, 2.24) is 9.97 Å². The first kappa shape index (κ1) is 14.1. The zero-order valence-corrected chi connectivity index (χ0v) is 13.0. The first-order valence-corrected chi connectivity index (χ1v) is 7.78. The highest BCUT2D eigenvalue weighted by Gasteiger charge is 2.20. The van der Waals surface area contributed by atoms with Crippen molar-refractivity contribution in [2.75, 3.05) is 11.9 Å². The van der Waals surface area contributed by atoms with Gasteiger partial charge in [-0.15, -0.1) is 0 Å². The van der Waals surface area contributed by atoms with Crippen LogP contribution in [0.3, 0.4) is 0 Å². The lowest BCUT2D eigenvalue weighted by molar-refractivity contribution is 0.278. The Morgan fingerprint density at radius 2 is 2.00 bits per heavy atom. The van der Waals surface area contributed by atoms with Crippen LogP contribution in [-0.2, 0) is 0 Å². The summed E-state index contributed by atoms with van der Waals surface area (Å²) in [6, 6.07) is 0. The standard InChI is InChI=1S/C13H19BrClN3/c1-2-9-3-5-10(6-4-9)7-16-12-11(14)8-17-13(15)18-12/h8-10H,2-7H2,1H3,(H,16,17,18). The topological polar surface area (TPSA) is 37.8 Å². The molecule has 0 radical (unpaired) electrons. The molecule has 0 aliphatic heterocycles. The molecule has 0 atom stereocenters. The van der Waals surface area contributed by atoms with Gasteiger partial charge in [0.1, 0.15) is 5.82 Å². The number of hydrogen-bond acceptors (Lipinski definition) is 3. The fourth-order valence-corrected chi connectivity index (χ4v) is 3.02. The molecule has 1 aromatic heterocycles. The van der Waals surface area contributed by atoms with Gasteiger partial charge < -0.3 is 5.32 Å². The maximum absolute atomic E-state index is 5.79. The third kappa shape index (κ3) is 3.82. The van der Waals surface area contributed by atoms with E-state index < -0.39 is 0 Å². The van der Waals surface area contributed by atoms with Crippen molar-refractivity contribution in [3.8, 4) is 0 Å². The summed E-state index contributed by atoms with van der Waals surface area (Å²) < 4.78 is 0.870. The van der Waals surface area contributed by atoms with Crippen LogP contribution >= 0.6 is 27.5 Å². The van der Waals surface area contributed by atoms with Crippen molar-refractivity contribution < 1.29 is 0 Å². The molecule has 1 aromatic rings. The Hall–Kier alpha value is -0.350. The van der Waals surface area contributed by atoms with Crippen molar-refractivity contribution in [3.63, 3.8) is 0 Å². The Morgan fingerprint density at radius 3 is 2.67 bits per heavy atom. The van der Waals surface area contributed by atoms with Gasteiger partial charge in [-0.2, -0.15) is 4.98 Å². The fourth-order valence-electron chi connectivity index (χ4n) is 2.55. The average Bonchev–Trinajstić information content (AvgIpc) is 2.40. The molecule has 5 heteroatoms. The molecule has 1 aliphatic rings. The summed E-state index contributed by atoms with van der Waals surface area (Å²) in [4.78, 5) is 8.11. The molecule has 0 unspecified atom stereocenters. The Balaban J connectivity index is 1.83. The van der Waals surface area contributed by atoms with Crippen LogP contribution in [0.4, 0.5) is 5.82 Å². The summed E-state index contributed by atoms with van der Waals surface area (Å²) in [6.07, 6.45) is 8.39. The van der Waals surface area contributed by atoms with Gasteiger partial charge in [-0.3, -0.25) is 0 Å².